The van der Waals surface area contributed by atoms with E-state index in [1.165, 1.54) is 0 Å². The van der Waals surface area contributed by atoms with Crippen LogP contribution in [-0.2, 0) is 22.6 Å². The lowest BCUT2D eigenvalue weighted by molar-refractivity contribution is -0.139. The van der Waals surface area contributed by atoms with Crippen molar-refractivity contribution in [3.05, 3.63) is 27.7 Å². The van der Waals surface area contributed by atoms with Crippen LogP contribution in [0.1, 0.15) is 17.5 Å². The second-order valence-corrected chi connectivity index (χ2v) is 5.49. The maximum Gasteiger partial charge on any atom is 0.305 e. The number of fused-ring (bicyclic) bond motifs is 1. The zero-order valence-electron chi connectivity index (χ0n) is 10.7. The van der Waals surface area contributed by atoms with Gasteiger partial charge in [0.1, 0.15) is 5.75 Å². The second-order valence-electron chi connectivity index (χ2n) is 4.57. The van der Waals surface area contributed by atoms with Crippen molar-refractivity contribution < 1.29 is 19.4 Å². The van der Waals surface area contributed by atoms with E-state index in [9.17, 15) is 9.59 Å². The van der Waals surface area contributed by atoms with E-state index < -0.39 is 17.9 Å². The predicted octanol–water partition coefficient (Wildman–Crippen LogP) is 0.802. The van der Waals surface area contributed by atoms with Gasteiger partial charge < -0.3 is 20.9 Å². The largest absolute Gasteiger partial charge is 0.493 e. The summed E-state index contributed by atoms with van der Waals surface area (Å²) < 4.78 is 6.46. The topological polar surface area (TPSA) is 102 Å². The Labute approximate surface area is 124 Å². The molecule has 1 amide bonds. The maximum atomic E-state index is 11.7. The molecule has 2 rings (SSSR count). The number of ether oxygens (including phenoxy) is 1. The summed E-state index contributed by atoms with van der Waals surface area (Å²) in [5.74, 6) is -0.793. The van der Waals surface area contributed by atoms with E-state index in [0.29, 0.717) is 6.61 Å². The van der Waals surface area contributed by atoms with Crippen LogP contribution in [0.2, 0.25) is 0 Å². The molecule has 0 bridgehead atoms. The van der Waals surface area contributed by atoms with Gasteiger partial charge in [0.15, 0.2) is 0 Å². The molecule has 1 aliphatic heterocycles. The van der Waals surface area contributed by atoms with E-state index in [2.05, 4.69) is 21.2 Å². The third-order valence-corrected chi connectivity index (χ3v) is 3.47. The molecular formula is C13H15BrN2O4. The first kappa shape index (κ1) is 14.8. The number of carbonyl (C=O) groups is 2. The van der Waals surface area contributed by atoms with Gasteiger partial charge in [-0.2, -0.15) is 0 Å². The van der Waals surface area contributed by atoms with Crippen LogP contribution >= 0.6 is 15.9 Å². The molecule has 20 heavy (non-hydrogen) atoms. The Bertz CT molecular complexity index is 547. The van der Waals surface area contributed by atoms with E-state index in [-0.39, 0.29) is 13.0 Å². The van der Waals surface area contributed by atoms with E-state index >= 15 is 0 Å². The fraction of sp³-hybridized carbons (Fsp3) is 0.385. The Morgan fingerprint density at radius 2 is 2.25 bits per heavy atom. The van der Waals surface area contributed by atoms with Gasteiger partial charge in [0.25, 0.3) is 0 Å². The number of carbonyl (C=O) groups excluding carboxylic acids is 1. The number of carboxylic acid groups (broad SMARTS) is 1. The highest BCUT2D eigenvalue weighted by Gasteiger charge is 2.20. The first-order chi connectivity index (χ1) is 9.47. The van der Waals surface area contributed by atoms with Crippen molar-refractivity contribution in [1.82, 2.24) is 5.32 Å². The van der Waals surface area contributed by atoms with Crippen LogP contribution in [0.3, 0.4) is 0 Å². The SMILES string of the molecule is NC(CC(=O)O)C(=O)NCc1cc(Br)cc2c1OCC2. The molecule has 6 nitrogen and oxygen atoms in total. The van der Waals surface area contributed by atoms with E-state index in [1.54, 1.807) is 0 Å². The number of nitrogens with one attached hydrogen (secondary N) is 1. The Morgan fingerprint density at radius 3 is 2.95 bits per heavy atom. The number of rotatable bonds is 5. The van der Waals surface area contributed by atoms with Crippen LogP contribution in [0, 0.1) is 0 Å². The van der Waals surface area contributed by atoms with Gasteiger partial charge >= 0.3 is 5.97 Å². The maximum absolute atomic E-state index is 11.7. The third-order valence-electron chi connectivity index (χ3n) is 3.01. The molecule has 0 radical (unpaired) electrons. The molecule has 1 unspecified atom stereocenters. The molecule has 1 aromatic carbocycles. The average molecular weight is 343 g/mol. The van der Waals surface area contributed by atoms with Gasteiger partial charge in [-0.3, -0.25) is 9.59 Å². The molecule has 108 valence electrons. The van der Waals surface area contributed by atoms with E-state index in [4.69, 9.17) is 15.6 Å². The first-order valence-electron chi connectivity index (χ1n) is 6.16. The second kappa shape index (κ2) is 6.23. The summed E-state index contributed by atoms with van der Waals surface area (Å²) >= 11 is 3.41. The van der Waals surface area contributed by atoms with Crippen molar-refractivity contribution in [2.24, 2.45) is 5.73 Å². The van der Waals surface area contributed by atoms with Crippen LogP contribution in [0.4, 0.5) is 0 Å². The Balaban J connectivity index is 2.01. The summed E-state index contributed by atoms with van der Waals surface area (Å²) in [4.78, 5) is 22.2. The summed E-state index contributed by atoms with van der Waals surface area (Å²) in [7, 11) is 0. The van der Waals surface area contributed by atoms with Crippen molar-refractivity contribution in [2.45, 2.75) is 25.4 Å². The molecule has 1 aliphatic rings. The minimum absolute atomic E-state index is 0.258. The number of amides is 1. The van der Waals surface area contributed by atoms with E-state index in [0.717, 1.165) is 27.8 Å². The third kappa shape index (κ3) is 3.49. The highest BCUT2D eigenvalue weighted by atomic mass is 79.9. The lowest BCUT2D eigenvalue weighted by Gasteiger charge is -2.13. The van der Waals surface area contributed by atoms with Crippen molar-refractivity contribution in [3.63, 3.8) is 0 Å². The lowest BCUT2D eigenvalue weighted by Crippen LogP contribution is -2.41. The quantitative estimate of drug-likeness (QED) is 0.734. The van der Waals surface area contributed by atoms with Crippen molar-refractivity contribution >= 4 is 27.8 Å². The molecule has 0 spiro atoms. The molecule has 0 saturated carbocycles. The zero-order valence-corrected chi connectivity index (χ0v) is 12.3. The normalized spacial score (nSPS) is 14.3. The fourth-order valence-electron chi connectivity index (χ4n) is 2.07. The molecule has 1 atom stereocenters. The zero-order chi connectivity index (χ0) is 14.7. The van der Waals surface area contributed by atoms with Crippen LogP contribution in [-0.4, -0.2) is 29.6 Å². The molecule has 0 saturated heterocycles. The van der Waals surface area contributed by atoms with Gasteiger partial charge in [-0.25, -0.2) is 0 Å². The van der Waals surface area contributed by atoms with Gasteiger partial charge in [-0.05, 0) is 17.7 Å². The molecular weight excluding hydrogens is 328 g/mol. The van der Waals surface area contributed by atoms with Crippen LogP contribution in [0.25, 0.3) is 0 Å². The van der Waals surface area contributed by atoms with Crippen LogP contribution in [0.5, 0.6) is 5.75 Å². The average Bonchev–Trinajstić information content (AvgIpc) is 2.82. The van der Waals surface area contributed by atoms with Gasteiger partial charge in [-0.15, -0.1) is 0 Å². The molecule has 4 N–H and O–H groups in total. The van der Waals surface area contributed by atoms with Gasteiger partial charge in [0.2, 0.25) is 5.91 Å². The molecule has 7 heteroatoms. The first-order valence-corrected chi connectivity index (χ1v) is 6.96. The van der Waals surface area contributed by atoms with Gasteiger partial charge in [0, 0.05) is 23.0 Å². The number of benzene rings is 1. The van der Waals surface area contributed by atoms with Crippen molar-refractivity contribution in [2.75, 3.05) is 6.61 Å². The minimum atomic E-state index is -1.10. The summed E-state index contributed by atoms with van der Waals surface area (Å²) in [6, 6.07) is 2.81. The standard InChI is InChI=1S/C13H15BrN2O4/c14-9-3-7-1-2-20-12(7)8(4-9)6-16-13(19)10(15)5-11(17)18/h3-4,10H,1-2,5-6,15H2,(H,16,19)(H,17,18). The van der Waals surface area contributed by atoms with Gasteiger partial charge in [0.05, 0.1) is 19.1 Å². The van der Waals surface area contributed by atoms with Crippen LogP contribution < -0.4 is 15.8 Å². The summed E-state index contributed by atoms with van der Waals surface area (Å²) in [6.07, 6.45) is 0.452. The predicted molar refractivity (Wildman–Crippen MR) is 75.4 cm³/mol. The number of hydrogen-bond acceptors (Lipinski definition) is 4. The number of nitrogens with two attached hydrogens (primary N) is 1. The summed E-state index contributed by atoms with van der Waals surface area (Å²) in [5.41, 5.74) is 7.44. The Hall–Kier alpha value is -1.60. The molecule has 0 aliphatic carbocycles. The molecule has 1 heterocycles. The van der Waals surface area contributed by atoms with Crippen LogP contribution in [0.15, 0.2) is 16.6 Å². The fourth-order valence-corrected chi connectivity index (χ4v) is 2.62. The Kier molecular flexibility index (Phi) is 4.61. The number of carboxylic acids is 1. The van der Waals surface area contributed by atoms with Gasteiger partial charge in [-0.1, -0.05) is 15.9 Å². The summed E-state index contributed by atoms with van der Waals surface area (Å²) in [6.45, 7) is 0.888. The smallest absolute Gasteiger partial charge is 0.305 e. The number of hydrogen-bond donors (Lipinski definition) is 3. The van der Waals surface area contributed by atoms with E-state index in [1.807, 2.05) is 12.1 Å². The molecule has 0 aromatic heterocycles. The number of halogens is 1. The molecule has 1 aromatic rings. The molecule has 0 fully saturated rings. The monoisotopic (exact) mass is 342 g/mol. The minimum Gasteiger partial charge on any atom is -0.493 e. The van der Waals surface area contributed by atoms with Crippen molar-refractivity contribution in [3.8, 4) is 5.75 Å². The number of aliphatic carboxylic acids is 1. The highest BCUT2D eigenvalue weighted by molar-refractivity contribution is 9.10. The Morgan fingerprint density at radius 1 is 1.50 bits per heavy atom. The lowest BCUT2D eigenvalue weighted by atomic mass is 10.1. The summed E-state index contributed by atoms with van der Waals surface area (Å²) in [5, 5.41) is 11.2. The highest BCUT2D eigenvalue weighted by Crippen LogP contribution is 2.32. The van der Waals surface area contributed by atoms with Crippen molar-refractivity contribution in [1.29, 1.82) is 0 Å².